The number of nitrogens with one attached hydrogen (secondary N) is 2. The number of rotatable bonds is 7. The molecule has 1 aliphatic heterocycles. The number of amides is 2. The number of aromatic nitrogens is 2. The van der Waals surface area contributed by atoms with E-state index in [9.17, 15) is 9.00 Å². The summed E-state index contributed by atoms with van der Waals surface area (Å²) in [5, 5.41) is 5.96. The monoisotopic (exact) mass is 497 g/mol. The summed E-state index contributed by atoms with van der Waals surface area (Å²) < 4.78 is 18.9. The van der Waals surface area contributed by atoms with Crippen molar-refractivity contribution >= 4 is 28.3 Å². The summed E-state index contributed by atoms with van der Waals surface area (Å²) in [5.74, 6) is 1.51. The first-order chi connectivity index (χ1) is 16.9. The van der Waals surface area contributed by atoms with Crippen LogP contribution in [0.1, 0.15) is 58.1 Å². The summed E-state index contributed by atoms with van der Waals surface area (Å²) in [5.41, 5.74) is 2.49. The van der Waals surface area contributed by atoms with Crippen LogP contribution in [-0.4, -0.2) is 57.8 Å². The lowest BCUT2D eigenvalue weighted by atomic mass is 10.1. The Morgan fingerprint density at radius 1 is 1.11 bits per heavy atom. The number of carbonyl (C=O) groups excluding carboxylic acids is 1. The van der Waals surface area contributed by atoms with Gasteiger partial charge in [-0.25, -0.2) is 14.8 Å². The second-order valence-corrected chi connectivity index (χ2v) is 12.1. The van der Waals surface area contributed by atoms with Crippen molar-refractivity contribution in [1.29, 1.82) is 0 Å². The van der Waals surface area contributed by atoms with Crippen LogP contribution in [0.15, 0.2) is 30.3 Å². The van der Waals surface area contributed by atoms with Crippen molar-refractivity contribution in [2.24, 2.45) is 0 Å². The molecule has 188 valence electrons. The third-order valence-corrected chi connectivity index (χ3v) is 9.49. The fourth-order valence-corrected chi connectivity index (χ4v) is 7.19. The number of urea groups is 1. The van der Waals surface area contributed by atoms with Gasteiger partial charge >= 0.3 is 6.03 Å². The van der Waals surface area contributed by atoms with Crippen LogP contribution in [0.3, 0.4) is 0 Å². The van der Waals surface area contributed by atoms with Crippen molar-refractivity contribution in [1.82, 2.24) is 15.3 Å². The maximum atomic E-state index is 13.7. The van der Waals surface area contributed by atoms with Gasteiger partial charge in [-0.2, -0.15) is 0 Å². The maximum absolute atomic E-state index is 13.7. The fraction of sp³-hybridized carbons (Fsp3) is 0.577. The van der Waals surface area contributed by atoms with Crippen LogP contribution < -0.4 is 15.5 Å². The molecule has 3 fully saturated rings. The zero-order chi connectivity index (χ0) is 24.4. The molecule has 2 aromatic rings. The molecular weight excluding hydrogens is 462 g/mol. The number of nitrogens with zero attached hydrogens (tertiary/aromatic N) is 3. The number of ether oxygens (including phenoxy) is 1. The van der Waals surface area contributed by atoms with Crippen molar-refractivity contribution in [3.8, 4) is 11.4 Å². The average Bonchev–Trinajstić information content (AvgIpc) is 3.50. The van der Waals surface area contributed by atoms with Gasteiger partial charge < -0.3 is 20.3 Å². The molecule has 2 aliphatic carbocycles. The van der Waals surface area contributed by atoms with E-state index in [0.29, 0.717) is 24.7 Å². The smallest absolute Gasteiger partial charge is 0.319 e. The molecule has 5 rings (SSSR count). The average molecular weight is 498 g/mol. The molecule has 2 amide bonds. The van der Waals surface area contributed by atoms with Crippen LogP contribution in [0, 0.1) is 0 Å². The van der Waals surface area contributed by atoms with Gasteiger partial charge in [-0.3, -0.25) is 4.21 Å². The zero-order valence-corrected chi connectivity index (χ0v) is 21.4. The minimum absolute atomic E-state index is 0.0635. The second kappa shape index (κ2) is 10.2. The van der Waals surface area contributed by atoms with Gasteiger partial charge in [-0.05, 0) is 63.8 Å². The molecule has 3 aliphatic rings. The Kier molecular flexibility index (Phi) is 7.07. The maximum Gasteiger partial charge on any atom is 0.319 e. The lowest BCUT2D eigenvalue weighted by molar-refractivity contribution is 0.122. The molecule has 0 spiro atoms. The van der Waals surface area contributed by atoms with Crippen LogP contribution in [0.4, 0.5) is 16.3 Å². The molecule has 8 nitrogen and oxygen atoms in total. The second-order valence-electron chi connectivity index (χ2n) is 10.1. The van der Waals surface area contributed by atoms with E-state index in [0.717, 1.165) is 55.8 Å². The Morgan fingerprint density at radius 3 is 2.43 bits per heavy atom. The third kappa shape index (κ3) is 5.35. The Morgan fingerprint density at radius 2 is 1.80 bits per heavy atom. The molecule has 1 unspecified atom stereocenters. The molecule has 1 saturated heterocycles. The first-order valence-corrected chi connectivity index (χ1v) is 14.0. The van der Waals surface area contributed by atoms with E-state index < -0.39 is 10.8 Å². The van der Waals surface area contributed by atoms with Gasteiger partial charge in [0.25, 0.3) is 0 Å². The highest BCUT2D eigenvalue weighted by Gasteiger charge is 2.54. The molecular formula is C26H35N5O3S. The Bertz CT molecular complexity index is 1070. The lowest BCUT2D eigenvalue weighted by Gasteiger charge is -2.29. The van der Waals surface area contributed by atoms with Crippen LogP contribution in [0.2, 0.25) is 0 Å². The van der Waals surface area contributed by atoms with Gasteiger partial charge in [0.05, 0.1) is 23.7 Å². The minimum atomic E-state index is -0.927. The number of hydrogen-bond acceptors (Lipinski definition) is 6. The molecule has 35 heavy (non-hydrogen) atoms. The summed E-state index contributed by atoms with van der Waals surface area (Å²) in [7, 11) is -0.927. The molecule has 0 radical (unpaired) electrons. The first-order valence-electron chi connectivity index (χ1n) is 12.8. The highest BCUT2D eigenvalue weighted by molar-refractivity contribution is 7.87. The van der Waals surface area contributed by atoms with Gasteiger partial charge in [-0.1, -0.05) is 12.8 Å². The SMILES string of the molecule is CC(C)NC(=O)Nc1ccc(-c2nc(N3CCOCC3)cc(C3(S(=O)C4CCCC4)CC3)n2)cc1. The topological polar surface area (TPSA) is 96.5 Å². The van der Waals surface area contributed by atoms with Gasteiger partial charge in [0.1, 0.15) is 5.82 Å². The summed E-state index contributed by atoms with van der Waals surface area (Å²) in [4.78, 5) is 24.2. The highest BCUT2D eigenvalue weighted by atomic mass is 32.2. The summed E-state index contributed by atoms with van der Waals surface area (Å²) in [6.45, 7) is 6.75. The van der Waals surface area contributed by atoms with Gasteiger partial charge in [0.2, 0.25) is 0 Å². The number of hydrogen-bond donors (Lipinski definition) is 2. The molecule has 2 saturated carbocycles. The highest BCUT2D eigenvalue weighted by Crippen LogP contribution is 2.53. The van der Waals surface area contributed by atoms with Crippen LogP contribution in [0.25, 0.3) is 11.4 Å². The van der Waals surface area contributed by atoms with Crippen molar-refractivity contribution in [2.75, 3.05) is 36.5 Å². The molecule has 2 heterocycles. The summed E-state index contributed by atoms with van der Waals surface area (Å²) in [6, 6.07) is 9.49. The summed E-state index contributed by atoms with van der Waals surface area (Å²) >= 11 is 0. The van der Waals surface area contributed by atoms with E-state index in [1.807, 2.05) is 38.1 Å². The molecule has 1 atom stereocenters. The number of anilines is 2. The van der Waals surface area contributed by atoms with Crippen LogP contribution in [-0.2, 0) is 20.3 Å². The fourth-order valence-electron chi connectivity index (χ4n) is 4.98. The van der Waals surface area contributed by atoms with Crippen molar-refractivity contribution in [2.45, 2.75) is 68.4 Å². The van der Waals surface area contributed by atoms with Gasteiger partial charge in [0, 0.05) is 52.5 Å². The van der Waals surface area contributed by atoms with E-state index in [2.05, 4.69) is 21.6 Å². The quantitative estimate of drug-likeness (QED) is 0.595. The molecule has 1 aromatic heterocycles. The predicted molar refractivity (Wildman–Crippen MR) is 139 cm³/mol. The van der Waals surface area contributed by atoms with E-state index in [-0.39, 0.29) is 22.1 Å². The van der Waals surface area contributed by atoms with Crippen molar-refractivity contribution in [3.63, 3.8) is 0 Å². The lowest BCUT2D eigenvalue weighted by Crippen LogP contribution is -2.37. The Balaban J connectivity index is 1.45. The van der Waals surface area contributed by atoms with Crippen molar-refractivity contribution < 1.29 is 13.7 Å². The normalized spacial score (nSPS) is 20.6. The van der Waals surface area contributed by atoms with Gasteiger partial charge in [-0.15, -0.1) is 0 Å². The number of carbonyl (C=O) groups is 1. The van der Waals surface area contributed by atoms with Crippen LogP contribution >= 0.6 is 0 Å². The Hall–Kier alpha value is -2.52. The van der Waals surface area contributed by atoms with E-state index >= 15 is 0 Å². The van der Waals surface area contributed by atoms with E-state index in [4.69, 9.17) is 14.7 Å². The molecule has 1 aromatic carbocycles. The standard InChI is InChI=1S/C26H35N5O3S/c1-18(2)27-25(32)28-20-9-7-19(8-10-20)24-29-22(17-23(30-24)31-13-15-34-16-14-31)26(11-12-26)35(33)21-5-3-4-6-21/h7-10,17-18,21H,3-6,11-16H2,1-2H3,(H2,27,28,32). The Labute approximate surface area is 209 Å². The summed E-state index contributed by atoms with van der Waals surface area (Å²) in [6.07, 6.45) is 6.31. The first kappa shape index (κ1) is 24.2. The van der Waals surface area contributed by atoms with Crippen molar-refractivity contribution in [3.05, 3.63) is 36.0 Å². The third-order valence-electron chi connectivity index (χ3n) is 7.03. The van der Waals surface area contributed by atoms with Gasteiger partial charge in [0.15, 0.2) is 5.82 Å². The zero-order valence-electron chi connectivity index (χ0n) is 20.6. The minimum Gasteiger partial charge on any atom is -0.378 e. The molecule has 0 bridgehead atoms. The number of morpholine rings is 1. The van der Waals surface area contributed by atoms with E-state index in [1.54, 1.807) is 0 Å². The molecule has 2 N–H and O–H groups in total. The predicted octanol–water partition coefficient (Wildman–Crippen LogP) is 4.19. The van der Waals surface area contributed by atoms with Crippen LogP contribution in [0.5, 0.6) is 0 Å². The molecule has 9 heteroatoms. The number of benzene rings is 1. The van der Waals surface area contributed by atoms with E-state index in [1.165, 1.54) is 12.8 Å². The largest absolute Gasteiger partial charge is 0.378 e.